The number of ketones is 2. The molecule has 0 spiro atoms. The van der Waals surface area contributed by atoms with E-state index in [0.29, 0.717) is 0 Å². The molecule has 3 nitrogen and oxygen atoms in total. The highest BCUT2D eigenvalue weighted by Crippen LogP contribution is 2.48. The summed E-state index contributed by atoms with van der Waals surface area (Å²) in [6.07, 6.45) is 2.93. The molecule has 74 valence electrons. The Kier molecular flexibility index (Phi) is 1.52. The molecule has 3 rings (SSSR count). The molecule has 2 bridgehead atoms. The summed E-state index contributed by atoms with van der Waals surface area (Å²) < 4.78 is 5.65. The Hall–Kier alpha value is -0.960. The van der Waals surface area contributed by atoms with Gasteiger partial charge in [-0.3, -0.25) is 9.59 Å². The van der Waals surface area contributed by atoms with E-state index in [9.17, 15) is 9.59 Å². The number of hydrogen-bond acceptors (Lipinski definition) is 3. The van der Waals surface area contributed by atoms with Crippen molar-refractivity contribution < 1.29 is 14.3 Å². The van der Waals surface area contributed by atoms with Gasteiger partial charge >= 0.3 is 0 Å². The van der Waals surface area contributed by atoms with Crippen LogP contribution >= 0.6 is 0 Å². The summed E-state index contributed by atoms with van der Waals surface area (Å²) in [4.78, 5) is 23.1. The molecule has 0 N–H and O–H groups in total. The van der Waals surface area contributed by atoms with Crippen molar-refractivity contribution in [3.63, 3.8) is 0 Å². The van der Waals surface area contributed by atoms with Crippen LogP contribution < -0.4 is 0 Å². The smallest absolute Gasteiger partial charge is 0.147 e. The summed E-state index contributed by atoms with van der Waals surface area (Å²) in [5.74, 6) is -0.124. The Morgan fingerprint density at radius 3 is 2.79 bits per heavy atom. The standard InChI is InChI=1S/C11H12O3/c1-2-5-3-8-9-6(12)4-7(13)10(9)11(5)14-8/h3,8-11H,2,4H2,1H3. The monoisotopic (exact) mass is 192 g/mol. The van der Waals surface area contributed by atoms with Gasteiger partial charge in [-0.2, -0.15) is 0 Å². The fourth-order valence-corrected chi connectivity index (χ4v) is 2.98. The Labute approximate surface area is 82.1 Å². The average Bonchev–Trinajstić information content (AvgIpc) is 2.78. The van der Waals surface area contributed by atoms with Gasteiger partial charge in [0.25, 0.3) is 0 Å². The highest BCUT2D eigenvalue weighted by atomic mass is 16.5. The summed E-state index contributed by atoms with van der Waals surface area (Å²) in [7, 11) is 0. The van der Waals surface area contributed by atoms with Gasteiger partial charge in [0.05, 0.1) is 30.5 Å². The molecule has 0 aromatic carbocycles. The Bertz CT molecular complexity index is 356. The maximum atomic E-state index is 11.6. The van der Waals surface area contributed by atoms with Crippen LogP contribution in [-0.4, -0.2) is 23.8 Å². The molecule has 14 heavy (non-hydrogen) atoms. The lowest BCUT2D eigenvalue weighted by Gasteiger charge is -2.18. The van der Waals surface area contributed by atoms with Gasteiger partial charge in [0.1, 0.15) is 11.6 Å². The van der Waals surface area contributed by atoms with Gasteiger partial charge in [-0.15, -0.1) is 0 Å². The molecule has 3 heteroatoms. The number of fused-ring (bicyclic) bond motifs is 5. The molecule has 4 unspecified atom stereocenters. The van der Waals surface area contributed by atoms with E-state index in [1.807, 2.05) is 6.08 Å². The molecule has 1 aliphatic carbocycles. The zero-order chi connectivity index (χ0) is 9.87. The highest BCUT2D eigenvalue weighted by Gasteiger charge is 2.58. The van der Waals surface area contributed by atoms with Crippen LogP contribution in [0.1, 0.15) is 19.8 Å². The minimum Gasteiger partial charge on any atom is -0.365 e. The molecule has 2 fully saturated rings. The van der Waals surface area contributed by atoms with Gasteiger partial charge in [0.2, 0.25) is 0 Å². The van der Waals surface area contributed by atoms with Crippen molar-refractivity contribution in [2.45, 2.75) is 32.0 Å². The van der Waals surface area contributed by atoms with Gasteiger partial charge in [0, 0.05) is 0 Å². The lowest BCUT2D eigenvalue weighted by Crippen LogP contribution is -2.28. The Morgan fingerprint density at radius 1 is 1.36 bits per heavy atom. The molecule has 1 saturated carbocycles. The SMILES string of the molecule is CCC1=CC2OC1C1C(=O)CC(=O)C21. The van der Waals surface area contributed by atoms with Crippen molar-refractivity contribution in [2.75, 3.05) is 0 Å². The first-order chi connectivity index (χ1) is 6.72. The molecule has 0 aromatic rings. The zero-order valence-electron chi connectivity index (χ0n) is 8.03. The number of carbonyl (C=O) groups is 2. The minimum atomic E-state index is -0.150. The number of ether oxygens (including phenoxy) is 1. The van der Waals surface area contributed by atoms with Crippen LogP contribution in [0.2, 0.25) is 0 Å². The maximum Gasteiger partial charge on any atom is 0.147 e. The number of hydrogen-bond donors (Lipinski definition) is 0. The lowest BCUT2D eigenvalue weighted by atomic mass is 9.80. The molecule has 2 aliphatic heterocycles. The summed E-state index contributed by atoms with van der Waals surface area (Å²) in [6, 6.07) is 0. The molecular formula is C11H12O3. The van der Waals surface area contributed by atoms with Gasteiger partial charge in [-0.1, -0.05) is 13.0 Å². The van der Waals surface area contributed by atoms with Gasteiger partial charge < -0.3 is 4.74 Å². The quantitative estimate of drug-likeness (QED) is 0.457. The molecule has 4 atom stereocenters. The van der Waals surface area contributed by atoms with Crippen LogP contribution in [0.4, 0.5) is 0 Å². The van der Waals surface area contributed by atoms with Crippen molar-refractivity contribution in [3.8, 4) is 0 Å². The van der Waals surface area contributed by atoms with Crippen LogP contribution in [0.5, 0.6) is 0 Å². The van der Waals surface area contributed by atoms with Crippen molar-refractivity contribution in [1.82, 2.24) is 0 Å². The second-order valence-corrected chi connectivity index (χ2v) is 4.28. The van der Waals surface area contributed by atoms with Crippen molar-refractivity contribution >= 4 is 11.6 Å². The molecule has 2 heterocycles. The van der Waals surface area contributed by atoms with Crippen LogP contribution in [0.25, 0.3) is 0 Å². The summed E-state index contributed by atoms with van der Waals surface area (Å²) in [5, 5.41) is 0. The zero-order valence-corrected chi connectivity index (χ0v) is 8.03. The second-order valence-electron chi connectivity index (χ2n) is 4.28. The van der Waals surface area contributed by atoms with E-state index in [4.69, 9.17) is 4.74 Å². The lowest BCUT2D eigenvalue weighted by molar-refractivity contribution is -0.125. The van der Waals surface area contributed by atoms with Gasteiger partial charge in [-0.05, 0) is 12.0 Å². The van der Waals surface area contributed by atoms with Crippen LogP contribution in [0.3, 0.4) is 0 Å². The largest absolute Gasteiger partial charge is 0.365 e. The predicted molar refractivity (Wildman–Crippen MR) is 48.6 cm³/mol. The third-order valence-corrected chi connectivity index (χ3v) is 3.61. The highest BCUT2D eigenvalue weighted by molar-refractivity contribution is 6.10. The van der Waals surface area contributed by atoms with Crippen molar-refractivity contribution in [1.29, 1.82) is 0 Å². The average molecular weight is 192 g/mol. The fraction of sp³-hybridized carbons (Fsp3) is 0.636. The minimum absolute atomic E-state index is 0.0750. The second kappa shape index (κ2) is 2.54. The first kappa shape index (κ1) is 8.36. The third-order valence-electron chi connectivity index (χ3n) is 3.61. The molecule has 0 amide bonds. The number of carbonyl (C=O) groups excluding carboxylic acids is 2. The Balaban J connectivity index is 2.02. The predicted octanol–water partition coefficient (Wildman–Crippen LogP) is 0.878. The summed E-state index contributed by atoms with van der Waals surface area (Å²) >= 11 is 0. The topological polar surface area (TPSA) is 43.4 Å². The molecule has 1 saturated heterocycles. The van der Waals surface area contributed by atoms with Gasteiger partial charge in [0.15, 0.2) is 0 Å². The first-order valence-electron chi connectivity index (χ1n) is 5.14. The van der Waals surface area contributed by atoms with Crippen LogP contribution in [0.15, 0.2) is 11.6 Å². The van der Waals surface area contributed by atoms with Crippen molar-refractivity contribution in [3.05, 3.63) is 11.6 Å². The molecular weight excluding hydrogens is 180 g/mol. The Morgan fingerprint density at radius 2 is 2.07 bits per heavy atom. The molecule has 3 aliphatic rings. The van der Waals surface area contributed by atoms with E-state index in [-0.39, 0.29) is 42.0 Å². The van der Waals surface area contributed by atoms with Crippen LogP contribution in [-0.2, 0) is 14.3 Å². The third kappa shape index (κ3) is 0.811. The molecule has 0 aromatic heterocycles. The normalized spacial score (nSPS) is 44.5. The van der Waals surface area contributed by atoms with E-state index in [0.717, 1.165) is 6.42 Å². The number of Topliss-reactive ketones (excluding diaryl/α,β-unsaturated/α-hetero) is 2. The van der Waals surface area contributed by atoms with Gasteiger partial charge in [-0.25, -0.2) is 0 Å². The van der Waals surface area contributed by atoms with E-state index in [2.05, 4.69) is 6.92 Å². The molecule has 0 radical (unpaired) electrons. The number of rotatable bonds is 1. The first-order valence-corrected chi connectivity index (χ1v) is 5.14. The summed E-state index contributed by atoms with van der Waals surface area (Å²) in [5.41, 5.74) is 1.21. The van der Waals surface area contributed by atoms with Crippen molar-refractivity contribution in [2.24, 2.45) is 11.8 Å². The van der Waals surface area contributed by atoms with Crippen LogP contribution in [0, 0.1) is 11.8 Å². The summed E-state index contributed by atoms with van der Waals surface area (Å²) in [6.45, 7) is 2.06. The maximum absolute atomic E-state index is 11.6. The van der Waals surface area contributed by atoms with E-state index in [1.54, 1.807) is 0 Å². The van der Waals surface area contributed by atoms with E-state index >= 15 is 0 Å². The van der Waals surface area contributed by atoms with E-state index in [1.165, 1.54) is 5.57 Å². The fourth-order valence-electron chi connectivity index (χ4n) is 2.98. The van der Waals surface area contributed by atoms with E-state index < -0.39 is 0 Å².